The molecule has 2 N–H and O–H groups in total. The molecule has 2 atom stereocenters. The number of benzene rings is 1. The number of nitrogens with zero attached hydrogens (tertiary/aromatic N) is 4. The number of hydrogen-bond acceptors (Lipinski definition) is 6. The predicted octanol–water partition coefficient (Wildman–Crippen LogP) is 2.27. The van der Waals surface area contributed by atoms with Gasteiger partial charge in [-0.3, -0.25) is 19.1 Å². The lowest BCUT2D eigenvalue weighted by molar-refractivity contribution is -0.125. The Morgan fingerprint density at radius 3 is 2.79 bits per heavy atom. The normalized spacial score (nSPS) is 20.7. The molecule has 3 amide bonds. The lowest BCUT2D eigenvalue weighted by atomic mass is 10.0. The number of hydrogen-bond donors (Lipinski definition) is 2. The molecule has 5 rings (SSSR count). The molecule has 0 unspecified atom stereocenters. The minimum atomic E-state index is -0.544. The molecule has 2 aliphatic heterocycles. The van der Waals surface area contributed by atoms with Crippen LogP contribution in [0.2, 0.25) is 0 Å². The number of rotatable bonds is 1. The monoisotopic (exact) mass is 522 g/mol. The minimum absolute atomic E-state index is 0.0993. The predicted molar refractivity (Wildman–Crippen MR) is 137 cm³/mol. The van der Waals surface area contributed by atoms with Gasteiger partial charge in [0.25, 0.3) is 11.8 Å². The van der Waals surface area contributed by atoms with E-state index in [1.165, 1.54) is 12.1 Å². The second-order valence-electron chi connectivity index (χ2n) is 10.0. The maximum Gasteiger partial charge on any atom is 0.255 e. The van der Waals surface area contributed by atoms with Gasteiger partial charge in [-0.15, -0.1) is 0 Å². The summed E-state index contributed by atoms with van der Waals surface area (Å²) >= 11 is 0. The molecule has 10 nitrogen and oxygen atoms in total. The van der Waals surface area contributed by atoms with E-state index in [0.717, 1.165) is 6.07 Å². The highest BCUT2D eigenvalue weighted by molar-refractivity contribution is 6.06. The number of ether oxygens (including phenoxy) is 1. The number of carbonyl (C=O) groups excluding carboxylic acids is 3. The van der Waals surface area contributed by atoms with E-state index in [4.69, 9.17) is 4.74 Å². The molecule has 1 saturated heterocycles. The number of aryl methyl sites for hydroxylation is 3. The largest absolute Gasteiger partial charge is 0.493 e. The fourth-order valence-electron chi connectivity index (χ4n) is 5.28. The Labute approximate surface area is 219 Å². The summed E-state index contributed by atoms with van der Waals surface area (Å²) in [5.41, 5.74) is 2.53. The zero-order valence-corrected chi connectivity index (χ0v) is 21.7. The summed E-state index contributed by atoms with van der Waals surface area (Å²) in [6, 6.07) is 5.12. The van der Waals surface area contributed by atoms with Crippen LogP contribution in [0.5, 0.6) is 5.75 Å². The molecule has 4 heterocycles. The molecule has 2 aromatic heterocycles. The Balaban J connectivity index is 1.51. The molecule has 1 fully saturated rings. The summed E-state index contributed by atoms with van der Waals surface area (Å²) in [6.45, 7) is 4.70. The van der Waals surface area contributed by atoms with E-state index in [2.05, 4.69) is 20.7 Å². The molecular weight excluding hydrogens is 491 g/mol. The summed E-state index contributed by atoms with van der Waals surface area (Å²) in [7, 11) is 1.78. The van der Waals surface area contributed by atoms with Crippen LogP contribution in [-0.2, 0) is 11.8 Å². The Hall–Kier alpha value is -4.02. The van der Waals surface area contributed by atoms with E-state index in [9.17, 15) is 18.8 Å². The van der Waals surface area contributed by atoms with Crippen molar-refractivity contribution in [3.8, 4) is 5.75 Å². The fraction of sp³-hybridized carbons (Fsp3) is 0.444. The molecule has 38 heavy (non-hydrogen) atoms. The average molecular weight is 523 g/mol. The molecular formula is C27H31FN6O4. The highest BCUT2D eigenvalue weighted by Crippen LogP contribution is 2.27. The van der Waals surface area contributed by atoms with Crippen LogP contribution in [0.4, 0.5) is 4.39 Å². The van der Waals surface area contributed by atoms with Crippen LogP contribution in [0.25, 0.3) is 11.0 Å². The highest BCUT2D eigenvalue weighted by Gasteiger charge is 2.33. The van der Waals surface area contributed by atoms with Crippen LogP contribution in [0.3, 0.4) is 0 Å². The average Bonchev–Trinajstić information content (AvgIpc) is 3.03. The van der Waals surface area contributed by atoms with Crippen LogP contribution >= 0.6 is 0 Å². The van der Waals surface area contributed by atoms with Crippen molar-refractivity contribution in [2.24, 2.45) is 13.0 Å². The number of amides is 3. The Morgan fingerprint density at radius 1 is 1.16 bits per heavy atom. The van der Waals surface area contributed by atoms with Crippen LogP contribution in [-0.4, -0.2) is 69.7 Å². The maximum absolute atomic E-state index is 14.0. The van der Waals surface area contributed by atoms with E-state index in [0.29, 0.717) is 53.8 Å². The standard InChI is InChI=1S/C27H31FN6O4/c1-15-11-21(23-16(2)32-33(3)24(23)30-15)27(37)34-13-17-5-7-19(14-34)31-26(36)20-12-18(28)6-8-22(20)38-10-4-9-29-25(17)35/h6,8,11-12,17,19H,4-5,7,9-10,13-14H2,1-3H3,(H,29,35)(H,31,36)/t17-,19+/m0/s1. The number of aromatic nitrogens is 3. The zero-order chi connectivity index (χ0) is 27.0. The van der Waals surface area contributed by atoms with Gasteiger partial charge in [0, 0.05) is 38.4 Å². The molecule has 2 aliphatic rings. The number of halogens is 1. The van der Waals surface area contributed by atoms with Crippen molar-refractivity contribution in [3.63, 3.8) is 0 Å². The first kappa shape index (κ1) is 25.6. The lowest BCUT2D eigenvalue weighted by Gasteiger charge is -2.27. The second-order valence-corrected chi connectivity index (χ2v) is 10.0. The van der Waals surface area contributed by atoms with Gasteiger partial charge in [-0.1, -0.05) is 0 Å². The number of nitrogens with one attached hydrogen (secondary N) is 2. The zero-order valence-electron chi connectivity index (χ0n) is 21.7. The smallest absolute Gasteiger partial charge is 0.255 e. The SMILES string of the molecule is Cc1cc(C(=O)N2C[C@H]3CC[C@@H](C2)C(=O)NCCCOc2ccc(F)cc2C(=O)N3)c2c(C)nn(C)c2n1. The first-order valence-electron chi connectivity index (χ1n) is 12.8. The van der Waals surface area contributed by atoms with Crippen molar-refractivity contribution in [2.75, 3.05) is 26.2 Å². The third-order valence-electron chi connectivity index (χ3n) is 7.13. The van der Waals surface area contributed by atoms with Gasteiger partial charge in [-0.2, -0.15) is 5.10 Å². The number of pyridine rings is 1. The van der Waals surface area contributed by atoms with E-state index in [-0.39, 0.29) is 42.8 Å². The molecule has 2 bridgehead atoms. The number of likely N-dealkylation sites (tertiary alicyclic amines) is 1. The van der Waals surface area contributed by atoms with Gasteiger partial charge in [-0.25, -0.2) is 9.37 Å². The summed E-state index contributed by atoms with van der Waals surface area (Å²) in [5, 5.41) is 11.0. The summed E-state index contributed by atoms with van der Waals surface area (Å²) in [5.74, 6) is -1.59. The topological polar surface area (TPSA) is 118 Å². The van der Waals surface area contributed by atoms with Gasteiger partial charge in [0.05, 0.1) is 34.7 Å². The van der Waals surface area contributed by atoms with Crippen LogP contribution in [0, 0.1) is 25.6 Å². The third-order valence-corrected chi connectivity index (χ3v) is 7.13. The van der Waals surface area contributed by atoms with Crippen molar-refractivity contribution in [2.45, 2.75) is 39.2 Å². The van der Waals surface area contributed by atoms with Gasteiger partial charge in [0.15, 0.2) is 5.65 Å². The second kappa shape index (κ2) is 10.4. The van der Waals surface area contributed by atoms with E-state index in [1.807, 2.05) is 13.8 Å². The van der Waals surface area contributed by atoms with Gasteiger partial charge in [-0.05, 0) is 57.4 Å². The van der Waals surface area contributed by atoms with Gasteiger partial charge < -0.3 is 20.3 Å². The molecule has 0 spiro atoms. The highest BCUT2D eigenvalue weighted by atomic mass is 19.1. The van der Waals surface area contributed by atoms with Crippen LogP contribution in [0.15, 0.2) is 24.3 Å². The van der Waals surface area contributed by atoms with E-state index >= 15 is 0 Å². The first-order chi connectivity index (χ1) is 18.2. The third kappa shape index (κ3) is 5.05. The van der Waals surface area contributed by atoms with Crippen molar-refractivity contribution in [3.05, 3.63) is 52.6 Å². The molecule has 3 aromatic rings. The van der Waals surface area contributed by atoms with Crippen molar-refractivity contribution in [1.82, 2.24) is 30.3 Å². The maximum atomic E-state index is 14.0. The lowest BCUT2D eigenvalue weighted by Crippen LogP contribution is -2.46. The van der Waals surface area contributed by atoms with Crippen LogP contribution < -0.4 is 15.4 Å². The van der Waals surface area contributed by atoms with Crippen molar-refractivity contribution < 1.29 is 23.5 Å². The van der Waals surface area contributed by atoms with E-state index in [1.54, 1.807) is 22.7 Å². The van der Waals surface area contributed by atoms with Gasteiger partial charge in [0.1, 0.15) is 11.6 Å². The summed E-state index contributed by atoms with van der Waals surface area (Å²) in [4.78, 5) is 46.5. The van der Waals surface area contributed by atoms with Gasteiger partial charge >= 0.3 is 0 Å². The van der Waals surface area contributed by atoms with Crippen molar-refractivity contribution >= 4 is 28.8 Å². The number of fused-ring (bicyclic) bond motifs is 5. The minimum Gasteiger partial charge on any atom is -0.493 e. The Morgan fingerprint density at radius 2 is 1.97 bits per heavy atom. The molecule has 0 saturated carbocycles. The molecule has 200 valence electrons. The first-order valence-corrected chi connectivity index (χ1v) is 12.8. The van der Waals surface area contributed by atoms with E-state index < -0.39 is 23.7 Å². The Bertz CT molecular complexity index is 1420. The molecule has 0 aliphatic carbocycles. The molecule has 0 radical (unpaired) electrons. The Kier molecular flexibility index (Phi) is 7.00. The quantitative estimate of drug-likeness (QED) is 0.506. The van der Waals surface area contributed by atoms with Gasteiger partial charge in [0.2, 0.25) is 5.91 Å². The van der Waals surface area contributed by atoms with Crippen molar-refractivity contribution in [1.29, 1.82) is 0 Å². The molecule has 11 heteroatoms. The molecule has 1 aromatic carbocycles. The summed E-state index contributed by atoms with van der Waals surface area (Å²) in [6.07, 6.45) is 1.48. The number of carbonyl (C=O) groups is 3. The van der Waals surface area contributed by atoms with Crippen LogP contribution in [0.1, 0.15) is 51.4 Å². The summed E-state index contributed by atoms with van der Waals surface area (Å²) < 4.78 is 21.4. The fourth-order valence-corrected chi connectivity index (χ4v) is 5.28.